The largest absolute Gasteiger partial charge is 0.467 e. The number of Topliss-reactive ketones (excluding diaryl/α,β-unsaturated/α-hetero) is 1. The molecule has 0 aliphatic heterocycles. The number of aromatic nitrogens is 1. The fourth-order valence-corrected chi connectivity index (χ4v) is 2.95. The molecule has 1 aromatic heterocycles. The van der Waals surface area contributed by atoms with Crippen molar-refractivity contribution < 1.29 is 19.1 Å². The highest BCUT2D eigenvalue weighted by molar-refractivity contribution is 6.03. The van der Waals surface area contributed by atoms with Gasteiger partial charge in [0, 0.05) is 11.3 Å². The summed E-state index contributed by atoms with van der Waals surface area (Å²) in [6.07, 6.45) is 0.524. The molecule has 1 aromatic carbocycles. The van der Waals surface area contributed by atoms with E-state index in [2.05, 4.69) is 10.3 Å². The van der Waals surface area contributed by atoms with E-state index in [9.17, 15) is 14.4 Å². The summed E-state index contributed by atoms with van der Waals surface area (Å²) in [6.45, 7) is 5.10. The van der Waals surface area contributed by atoms with Crippen molar-refractivity contribution in [2.45, 2.75) is 33.2 Å². The smallest absolute Gasteiger partial charge is 0.333 e. The summed E-state index contributed by atoms with van der Waals surface area (Å²) in [5.74, 6) is -1.11. The number of ketones is 1. The van der Waals surface area contributed by atoms with Gasteiger partial charge in [-0.25, -0.2) is 4.79 Å². The summed E-state index contributed by atoms with van der Waals surface area (Å²) >= 11 is 0. The van der Waals surface area contributed by atoms with Gasteiger partial charge in [-0.3, -0.25) is 9.59 Å². The molecule has 0 radical (unpaired) electrons. The number of carbonyl (C=O) groups is 3. The van der Waals surface area contributed by atoms with E-state index in [0.29, 0.717) is 34.5 Å². The predicted molar refractivity (Wildman–Crippen MR) is 93.6 cm³/mol. The Morgan fingerprint density at radius 1 is 1.20 bits per heavy atom. The first-order valence-electron chi connectivity index (χ1n) is 8.06. The molecule has 1 heterocycles. The Morgan fingerprint density at radius 2 is 1.84 bits per heavy atom. The molecule has 0 spiro atoms. The van der Waals surface area contributed by atoms with Crippen LogP contribution in [0, 0.1) is 6.92 Å². The van der Waals surface area contributed by atoms with E-state index in [4.69, 9.17) is 4.74 Å². The van der Waals surface area contributed by atoms with E-state index >= 15 is 0 Å². The third kappa shape index (κ3) is 3.79. The highest BCUT2D eigenvalue weighted by Crippen LogP contribution is 2.22. The monoisotopic (exact) mass is 342 g/mol. The lowest BCUT2D eigenvalue weighted by Gasteiger charge is -2.17. The number of esters is 1. The van der Waals surface area contributed by atoms with Gasteiger partial charge < -0.3 is 15.0 Å². The summed E-state index contributed by atoms with van der Waals surface area (Å²) < 4.78 is 4.81. The van der Waals surface area contributed by atoms with Crippen molar-refractivity contribution in [1.82, 2.24) is 10.3 Å². The summed E-state index contributed by atoms with van der Waals surface area (Å²) in [5, 5.41) is 2.70. The quantitative estimate of drug-likeness (QED) is 0.624. The van der Waals surface area contributed by atoms with Crippen molar-refractivity contribution in [3.8, 4) is 0 Å². The van der Waals surface area contributed by atoms with Crippen molar-refractivity contribution in [1.29, 1.82) is 0 Å². The molecule has 1 atom stereocenters. The fraction of sp³-hybridized carbons (Fsp3) is 0.316. The van der Waals surface area contributed by atoms with Crippen LogP contribution in [0.25, 0.3) is 0 Å². The molecule has 1 amide bonds. The third-order valence-corrected chi connectivity index (χ3v) is 4.07. The second-order valence-electron chi connectivity index (χ2n) is 5.73. The summed E-state index contributed by atoms with van der Waals surface area (Å²) in [5.41, 5.74) is 2.75. The van der Waals surface area contributed by atoms with Crippen LogP contribution in [0.2, 0.25) is 0 Å². The number of hydrogen-bond acceptors (Lipinski definition) is 4. The van der Waals surface area contributed by atoms with E-state index < -0.39 is 17.9 Å². The zero-order valence-corrected chi connectivity index (χ0v) is 14.8. The van der Waals surface area contributed by atoms with Crippen LogP contribution < -0.4 is 5.32 Å². The van der Waals surface area contributed by atoms with E-state index in [-0.39, 0.29) is 5.78 Å². The second kappa shape index (κ2) is 7.79. The first-order valence-corrected chi connectivity index (χ1v) is 8.06. The maximum Gasteiger partial charge on any atom is 0.333 e. The molecule has 1 unspecified atom stereocenters. The van der Waals surface area contributed by atoms with Crippen molar-refractivity contribution in [3.05, 3.63) is 58.4 Å². The van der Waals surface area contributed by atoms with Gasteiger partial charge in [-0.2, -0.15) is 0 Å². The minimum atomic E-state index is -0.923. The van der Waals surface area contributed by atoms with Crippen molar-refractivity contribution in [3.63, 3.8) is 0 Å². The van der Waals surface area contributed by atoms with Crippen LogP contribution in [0.15, 0.2) is 30.3 Å². The van der Waals surface area contributed by atoms with Gasteiger partial charge in [0.2, 0.25) is 0 Å². The van der Waals surface area contributed by atoms with Gasteiger partial charge in [0.25, 0.3) is 5.91 Å². The summed E-state index contributed by atoms with van der Waals surface area (Å²) in [6, 6.07) is 7.94. The van der Waals surface area contributed by atoms with Gasteiger partial charge in [-0.1, -0.05) is 37.3 Å². The van der Waals surface area contributed by atoms with Crippen LogP contribution in [0.1, 0.15) is 57.6 Å². The van der Waals surface area contributed by atoms with Crippen molar-refractivity contribution in [2.75, 3.05) is 7.11 Å². The molecule has 132 valence electrons. The molecule has 2 aromatic rings. The molecule has 0 aliphatic carbocycles. The molecule has 6 nitrogen and oxygen atoms in total. The van der Waals surface area contributed by atoms with Gasteiger partial charge in [0.15, 0.2) is 11.8 Å². The first-order chi connectivity index (χ1) is 11.9. The topological polar surface area (TPSA) is 88.3 Å². The van der Waals surface area contributed by atoms with Crippen molar-refractivity contribution >= 4 is 17.7 Å². The minimum absolute atomic E-state index is 0.0998. The molecule has 2 rings (SSSR count). The average Bonchev–Trinajstić information content (AvgIpc) is 2.96. The lowest BCUT2D eigenvalue weighted by Crippen LogP contribution is -2.35. The SMILES string of the molecule is CCc1c(C(=O)NC(C(=O)OC)c2ccccc2)[nH]c(C)c1C(C)=O. The number of hydrogen-bond donors (Lipinski definition) is 2. The number of ether oxygens (including phenoxy) is 1. The van der Waals surface area contributed by atoms with Crippen LogP contribution in [0.3, 0.4) is 0 Å². The number of rotatable bonds is 6. The molecule has 0 saturated carbocycles. The molecule has 0 bridgehead atoms. The minimum Gasteiger partial charge on any atom is -0.467 e. The summed E-state index contributed by atoms with van der Waals surface area (Å²) in [4.78, 5) is 39.7. The van der Waals surface area contributed by atoms with Gasteiger partial charge in [-0.15, -0.1) is 0 Å². The second-order valence-corrected chi connectivity index (χ2v) is 5.73. The Balaban J connectivity index is 2.38. The van der Waals surface area contributed by atoms with E-state index in [1.54, 1.807) is 31.2 Å². The Labute approximate surface area is 146 Å². The maximum absolute atomic E-state index is 12.8. The number of aryl methyl sites for hydroxylation is 1. The molecule has 0 aliphatic rings. The molecule has 0 saturated heterocycles. The zero-order chi connectivity index (χ0) is 18.6. The molecular formula is C19H22N2O4. The van der Waals surface area contributed by atoms with Gasteiger partial charge in [0.05, 0.1) is 7.11 Å². The molecule has 6 heteroatoms. The Bertz CT molecular complexity index is 793. The number of amides is 1. The first kappa shape index (κ1) is 18.4. The Morgan fingerprint density at radius 3 is 2.36 bits per heavy atom. The molecular weight excluding hydrogens is 320 g/mol. The standard InChI is InChI=1S/C19H22N2O4/c1-5-14-15(12(3)22)11(2)20-17(14)18(23)21-16(19(24)25-4)13-9-7-6-8-10-13/h6-10,16,20H,5H2,1-4H3,(H,21,23). The lowest BCUT2D eigenvalue weighted by molar-refractivity contribution is -0.143. The Kier molecular flexibility index (Phi) is 5.75. The molecule has 25 heavy (non-hydrogen) atoms. The van der Waals surface area contributed by atoms with Crippen LogP contribution in [0.5, 0.6) is 0 Å². The van der Waals surface area contributed by atoms with E-state index in [0.717, 1.165) is 0 Å². The number of carbonyl (C=O) groups excluding carboxylic acids is 3. The zero-order valence-electron chi connectivity index (χ0n) is 14.8. The number of methoxy groups -OCH3 is 1. The lowest BCUT2D eigenvalue weighted by atomic mass is 10.0. The fourth-order valence-electron chi connectivity index (χ4n) is 2.95. The predicted octanol–water partition coefficient (Wildman–Crippen LogP) is 2.73. The third-order valence-electron chi connectivity index (χ3n) is 4.07. The Hall–Kier alpha value is -2.89. The van der Waals surface area contributed by atoms with Crippen LogP contribution >= 0.6 is 0 Å². The number of nitrogens with one attached hydrogen (secondary N) is 2. The number of aromatic amines is 1. The number of H-pyrrole nitrogens is 1. The molecule has 2 N–H and O–H groups in total. The van der Waals surface area contributed by atoms with Crippen molar-refractivity contribution in [2.24, 2.45) is 0 Å². The highest BCUT2D eigenvalue weighted by Gasteiger charge is 2.27. The molecule has 0 fully saturated rings. The van der Waals surface area contributed by atoms with Gasteiger partial charge >= 0.3 is 5.97 Å². The van der Waals surface area contributed by atoms with Gasteiger partial charge in [-0.05, 0) is 31.4 Å². The average molecular weight is 342 g/mol. The normalized spacial score (nSPS) is 11.7. The maximum atomic E-state index is 12.8. The van der Waals surface area contributed by atoms with Crippen LogP contribution in [-0.2, 0) is 16.0 Å². The van der Waals surface area contributed by atoms with E-state index in [1.165, 1.54) is 14.0 Å². The highest BCUT2D eigenvalue weighted by atomic mass is 16.5. The number of benzene rings is 1. The van der Waals surface area contributed by atoms with E-state index in [1.807, 2.05) is 13.0 Å². The summed E-state index contributed by atoms with van der Waals surface area (Å²) in [7, 11) is 1.27. The van der Waals surface area contributed by atoms with Gasteiger partial charge in [0.1, 0.15) is 5.69 Å². The van der Waals surface area contributed by atoms with Crippen LogP contribution in [-0.4, -0.2) is 29.8 Å². The van der Waals surface area contributed by atoms with Crippen LogP contribution in [0.4, 0.5) is 0 Å².